The summed E-state index contributed by atoms with van der Waals surface area (Å²) in [6.07, 6.45) is 3.51. The third-order valence-corrected chi connectivity index (χ3v) is 3.13. The molecule has 1 aliphatic heterocycles. The second-order valence-electron chi connectivity index (χ2n) is 4.10. The molecular weight excluding hydrogens is 214 g/mol. The highest BCUT2D eigenvalue weighted by atomic mass is 15.2. The minimum atomic E-state index is 0.668. The summed E-state index contributed by atoms with van der Waals surface area (Å²) in [5.74, 6) is 0. The predicted molar refractivity (Wildman–Crippen MR) is 65.9 cm³/mol. The Hall–Kier alpha value is -2.06. The summed E-state index contributed by atoms with van der Waals surface area (Å²) in [6, 6.07) is 4.20. The van der Waals surface area contributed by atoms with E-state index in [0.29, 0.717) is 5.56 Å². The minimum Gasteiger partial charge on any atom is -0.368 e. The van der Waals surface area contributed by atoms with Gasteiger partial charge in [-0.2, -0.15) is 5.26 Å². The number of H-pyrrole nitrogens is 1. The molecule has 0 atom stereocenters. The van der Waals surface area contributed by atoms with Crippen molar-refractivity contribution in [3.8, 4) is 6.07 Å². The van der Waals surface area contributed by atoms with Gasteiger partial charge in [0.15, 0.2) is 0 Å². The maximum atomic E-state index is 9.12. The van der Waals surface area contributed by atoms with Crippen molar-refractivity contribution in [2.75, 3.05) is 31.1 Å². The lowest BCUT2D eigenvalue weighted by atomic mass is 10.1. The van der Waals surface area contributed by atoms with Crippen molar-refractivity contribution in [3.63, 3.8) is 0 Å². The van der Waals surface area contributed by atoms with Crippen LogP contribution in [-0.2, 0) is 0 Å². The van der Waals surface area contributed by atoms with Crippen molar-refractivity contribution in [2.24, 2.45) is 0 Å². The van der Waals surface area contributed by atoms with Crippen molar-refractivity contribution in [1.82, 2.24) is 15.3 Å². The molecule has 0 bridgehead atoms. The maximum absolute atomic E-state index is 9.12. The van der Waals surface area contributed by atoms with Gasteiger partial charge in [-0.1, -0.05) is 0 Å². The van der Waals surface area contributed by atoms with Crippen LogP contribution in [0.4, 0.5) is 5.69 Å². The molecule has 0 aromatic carbocycles. The van der Waals surface area contributed by atoms with E-state index in [9.17, 15) is 0 Å². The lowest BCUT2D eigenvalue weighted by Crippen LogP contribution is -2.43. The smallest absolute Gasteiger partial charge is 0.140 e. The molecule has 0 spiro atoms. The third kappa shape index (κ3) is 1.63. The third-order valence-electron chi connectivity index (χ3n) is 3.13. The fourth-order valence-electron chi connectivity index (χ4n) is 2.30. The standard InChI is InChI=1S/C12H13N5/c13-7-9-8-16-12-11(9)10(1-2-15-12)17-5-3-14-4-6-17/h1-2,8,14H,3-6H2,(H,15,16). The number of rotatable bonds is 1. The van der Waals surface area contributed by atoms with Crippen molar-refractivity contribution in [2.45, 2.75) is 0 Å². The van der Waals surface area contributed by atoms with Crippen molar-refractivity contribution in [1.29, 1.82) is 5.26 Å². The zero-order valence-electron chi connectivity index (χ0n) is 9.40. The first kappa shape index (κ1) is 10.1. The molecule has 17 heavy (non-hydrogen) atoms. The van der Waals surface area contributed by atoms with Gasteiger partial charge in [0.25, 0.3) is 0 Å². The average Bonchev–Trinajstić information content (AvgIpc) is 2.82. The number of hydrogen-bond acceptors (Lipinski definition) is 4. The largest absolute Gasteiger partial charge is 0.368 e. The molecule has 0 aliphatic carbocycles. The maximum Gasteiger partial charge on any atom is 0.140 e. The normalized spacial score (nSPS) is 16.1. The monoisotopic (exact) mass is 227 g/mol. The molecule has 86 valence electrons. The Balaban J connectivity index is 2.14. The molecule has 3 heterocycles. The number of pyridine rings is 1. The van der Waals surface area contributed by atoms with E-state index in [2.05, 4.69) is 26.3 Å². The molecule has 0 amide bonds. The van der Waals surface area contributed by atoms with Crippen LogP contribution in [0.1, 0.15) is 5.56 Å². The van der Waals surface area contributed by atoms with Gasteiger partial charge in [-0.15, -0.1) is 0 Å². The molecule has 2 N–H and O–H groups in total. The number of nitrogens with one attached hydrogen (secondary N) is 2. The summed E-state index contributed by atoms with van der Waals surface area (Å²) in [5, 5.41) is 13.4. The number of nitriles is 1. The SMILES string of the molecule is N#Cc1c[nH]c2nccc(N3CCNCC3)c12. The Morgan fingerprint density at radius 3 is 2.94 bits per heavy atom. The van der Waals surface area contributed by atoms with E-state index in [4.69, 9.17) is 5.26 Å². The van der Waals surface area contributed by atoms with E-state index in [-0.39, 0.29) is 0 Å². The van der Waals surface area contributed by atoms with Crippen LogP contribution in [0.25, 0.3) is 11.0 Å². The highest BCUT2D eigenvalue weighted by molar-refractivity contribution is 5.94. The van der Waals surface area contributed by atoms with Crippen LogP contribution in [0.3, 0.4) is 0 Å². The van der Waals surface area contributed by atoms with Gasteiger partial charge >= 0.3 is 0 Å². The molecule has 1 aliphatic rings. The molecule has 2 aromatic rings. The molecule has 0 radical (unpaired) electrons. The molecule has 1 saturated heterocycles. The molecule has 1 fully saturated rings. The lowest BCUT2D eigenvalue weighted by Gasteiger charge is -2.29. The Kier molecular flexibility index (Phi) is 2.42. The van der Waals surface area contributed by atoms with Gasteiger partial charge < -0.3 is 15.2 Å². The van der Waals surface area contributed by atoms with E-state index in [1.54, 1.807) is 12.4 Å². The zero-order valence-corrected chi connectivity index (χ0v) is 9.40. The second kappa shape index (κ2) is 4.07. The Morgan fingerprint density at radius 2 is 2.18 bits per heavy atom. The van der Waals surface area contributed by atoms with E-state index in [1.165, 1.54) is 0 Å². The van der Waals surface area contributed by atoms with Gasteiger partial charge in [-0.05, 0) is 6.07 Å². The fourth-order valence-corrected chi connectivity index (χ4v) is 2.30. The number of hydrogen-bond donors (Lipinski definition) is 2. The van der Waals surface area contributed by atoms with Crippen molar-refractivity contribution < 1.29 is 0 Å². The van der Waals surface area contributed by atoms with E-state index < -0.39 is 0 Å². The van der Waals surface area contributed by atoms with Crippen LogP contribution in [-0.4, -0.2) is 36.1 Å². The number of fused-ring (bicyclic) bond motifs is 1. The molecule has 2 aromatic heterocycles. The first-order valence-electron chi connectivity index (χ1n) is 5.72. The molecule has 5 nitrogen and oxygen atoms in total. The van der Waals surface area contributed by atoms with Crippen LogP contribution < -0.4 is 10.2 Å². The van der Waals surface area contributed by atoms with Crippen LogP contribution in [0.2, 0.25) is 0 Å². The number of nitrogens with zero attached hydrogens (tertiary/aromatic N) is 3. The van der Waals surface area contributed by atoms with Gasteiger partial charge in [0.05, 0.1) is 16.6 Å². The molecule has 5 heteroatoms. The molecule has 0 unspecified atom stereocenters. The predicted octanol–water partition coefficient (Wildman–Crippen LogP) is 0.844. The van der Waals surface area contributed by atoms with Crippen LogP contribution in [0, 0.1) is 11.3 Å². The molecule has 0 saturated carbocycles. The number of aromatic nitrogens is 2. The quantitative estimate of drug-likeness (QED) is 0.757. The molecule has 3 rings (SSSR count). The number of piperazine rings is 1. The summed E-state index contributed by atoms with van der Waals surface area (Å²) in [7, 11) is 0. The number of anilines is 1. The summed E-state index contributed by atoms with van der Waals surface area (Å²) >= 11 is 0. The van der Waals surface area contributed by atoms with Gasteiger partial charge in [0.2, 0.25) is 0 Å². The van der Waals surface area contributed by atoms with E-state index in [1.807, 2.05) is 6.07 Å². The first-order valence-corrected chi connectivity index (χ1v) is 5.72. The molecular formula is C12H13N5. The minimum absolute atomic E-state index is 0.668. The van der Waals surface area contributed by atoms with Crippen LogP contribution in [0.15, 0.2) is 18.5 Å². The topological polar surface area (TPSA) is 67.7 Å². The van der Waals surface area contributed by atoms with Gasteiger partial charge in [0, 0.05) is 38.6 Å². The Bertz CT molecular complexity index is 574. The Morgan fingerprint density at radius 1 is 1.35 bits per heavy atom. The summed E-state index contributed by atoms with van der Waals surface area (Å²) in [4.78, 5) is 9.60. The summed E-state index contributed by atoms with van der Waals surface area (Å²) in [5.41, 5.74) is 2.56. The van der Waals surface area contributed by atoms with E-state index in [0.717, 1.165) is 42.9 Å². The van der Waals surface area contributed by atoms with Crippen molar-refractivity contribution in [3.05, 3.63) is 24.0 Å². The second-order valence-corrected chi connectivity index (χ2v) is 4.10. The number of aromatic amines is 1. The fraction of sp³-hybridized carbons (Fsp3) is 0.333. The zero-order chi connectivity index (χ0) is 11.7. The van der Waals surface area contributed by atoms with E-state index >= 15 is 0 Å². The van der Waals surface area contributed by atoms with Crippen LogP contribution in [0.5, 0.6) is 0 Å². The average molecular weight is 227 g/mol. The van der Waals surface area contributed by atoms with Gasteiger partial charge in [-0.25, -0.2) is 4.98 Å². The highest BCUT2D eigenvalue weighted by Crippen LogP contribution is 2.28. The van der Waals surface area contributed by atoms with Crippen molar-refractivity contribution >= 4 is 16.7 Å². The van der Waals surface area contributed by atoms with Gasteiger partial charge in [0.1, 0.15) is 11.7 Å². The van der Waals surface area contributed by atoms with Crippen LogP contribution >= 0.6 is 0 Å². The lowest BCUT2D eigenvalue weighted by molar-refractivity contribution is 0.590. The van der Waals surface area contributed by atoms with Gasteiger partial charge in [-0.3, -0.25) is 0 Å². The first-order chi connectivity index (χ1) is 8.40. The Labute approximate surface area is 99.1 Å². The highest BCUT2D eigenvalue weighted by Gasteiger charge is 2.16. The summed E-state index contributed by atoms with van der Waals surface area (Å²) < 4.78 is 0. The summed E-state index contributed by atoms with van der Waals surface area (Å²) in [6.45, 7) is 3.90.